The van der Waals surface area contributed by atoms with Gasteiger partial charge in [-0.15, -0.1) is 0 Å². The number of anilines is 2. The normalized spacial score (nSPS) is 16.7. The number of aryl methyl sites for hydroxylation is 1. The van der Waals surface area contributed by atoms with Gasteiger partial charge in [0.1, 0.15) is 11.4 Å². The molecule has 0 spiro atoms. The molecule has 24 heavy (non-hydrogen) atoms. The van der Waals surface area contributed by atoms with Crippen molar-refractivity contribution in [2.75, 3.05) is 15.8 Å². The van der Waals surface area contributed by atoms with Gasteiger partial charge in [-0.05, 0) is 31.0 Å². The number of fused-ring (bicyclic) bond motifs is 1. The summed E-state index contributed by atoms with van der Waals surface area (Å²) in [6.07, 6.45) is -0.201. The molecule has 3 rings (SSSR count). The molecule has 0 aromatic heterocycles. The number of carbonyl (C=O) groups excluding carboxylic acids is 1. The molecule has 2 aromatic carbocycles. The van der Waals surface area contributed by atoms with Crippen molar-refractivity contribution < 1.29 is 17.9 Å². The Morgan fingerprint density at radius 2 is 1.88 bits per heavy atom. The van der Waals surface area contributed by atoms with Crippen LogP contribution in [0.5, 0.6) is 5.75 Å². The lowest BCUT2D eigenvalue weighted by Crippen LogP contribution is -2.35. The van der Waals surface area contributed by atoms with Crippen molar-refractivity contribution in [1.29, 1.82) is 0 Å². The van der Waals surface area contributed by atoms with Crippen LogP contribution < -0.4 is 14.8 Å². The monoisotopic (exact) mass is 346 g/mol. The number of carbonyl (C=O) groups is 1. The minimum Gasteiger partial charge on any atom is -0.479 e. The van der Waals surface area contributed by atoms with Crippen LogP contribution in [0.2, 0.25) is 0 Å². The van der Waals surface area contributed by atoms with Gasteiger partial charge in [0.05, 0.1) is 11.4 Å². The SMILES string of the molecule is CC1Oc2cccc(NS(=O)(=O)CCc3ccccc3)c2NC1=O. The van der Waals surface area contributed by atoms with Crippen LogP contribution in [0.3, 0.4) is 0 Å². The van der Waals surface area contributed by atoms with Gasteiger partial charge in [0.2, 0.25) is 10.0 Å². The Kier molecular flexibility index (Phi) is 4.44. The van der Waals surface area contributed by atoms with E-state index < -0.39 is 16.1 Å². The van der Waals surface area contributed by atoms with E-state index in [1.54, 1.807) is 25.1 Å². The molecule has 126 valence electrons. The molecular formula is C17H18N2O4S. The van der Waals surface area contributed by atoms with Crippen molar-refractivity contribution in [1.82, 2.24) is 0 Å². The van der Waals surface area contributed by atoms with Gasteiger partial charge in [-0.1, -0.05) is 36.4 Å². The highest BCUT2D eigenvalue weighted by atomic mass is 32.2. The molecule has 1 unspecified atom stereocenters. The summed E-state index contributed by atoms with van der Waals surface area (Å²) in [6, 6.07) is 14.4. The van der Waals surface area contributed by atoms with Gasteiger partial charge in [0.25, 0.3) is 5.91 Å². The van der Waals surface area contributed by atoms with Gasteiger partial charge in [-0.25, -0.2) is 8.42 Å². The van der Waals surface area contributed by atoms with E-state index in [2.05, 4.69) is 10.0 Å². The summed E-state index contributed by atoms with van der Waals surface area (Å²) < 4.78 is 32.7. The number of amides is 1. The van der Waals surface area contributed by atoms with Crippen LogP contribution in [0.15, 0.2) is 48.5 Å². The lowest BCUT2D eigenvalue weighted by atomic mass is 10.2. The van der Waals surface area contributed by atoms with E-state index in [9.17, 15) is 13.2 Å². The number of hydrogen-bond donors (Lipinski definition) is 2. The molecule has 1 heterocycles. The highest BCUT2D eigenvalue weighted by Crippen LogP contribution is 2.36. The molecule has 0 aliphatic carbocycles. The van der Waals surface area contributed by atoms with E-state index in [1.165, 1.54) is 0 Å². The molecule has 2 aromatic rings. The Morgan fingerprint density at radius 3 is 2.62 bits per heavy atom. The lowest BCUT2D eigenvalue weighted by molar-refractivity contribution is -0.122. The van der Waals surface area contributed by atoms with E-state index in [4.69, 9.17) is 4.74 Å². The summed E-state index contributed by atoms with van der Waals surface area (Å²) in [5, 5.41) is 2.68. The first-order chi connectivity index (χ1) is 11.4. The second-order valence-electron chi connectivity index (χ2n) is 5.58. The van der Waals surface area contributed by atoms with E-state index >= 15 is 0 Å². The molecular weight excluding hydrogens is 328 g/mol. The van der Waals surface area contributed by atoms with Crippen LogP contribution in [0.4, 0.5) is 11.4 Å². The zero-order valence-electron chi connectivity index (χ0n) is 13.2. The molecule has 0 radical (unpaired) electrons. The molecule has 0 bridgehead atoms. The van der Waals surface area contributed by atoms with Crippen LogP contribution in [-0.2, 0) is 21.2 Å². The minimum atomic E-state index is -3.55. The zero-order valence-corrected chi connectivity index (χ0v) is 14.0. The maximum absolute atomic E-state index is 12.3. The van der Waals surface area contributed by atoms with Gasteiger partial charge in [0, 0.05) is 0 Å². The Bertz CT molecular complexity index is 850. The molecule has 6 nitrogen and oxygen atoms in total. The highest BCUT2D eigenvalue weighted by molar-refractivity contribution is 7.92. The van der Waals surface area contributed by atoms with E-state index in [0.29, 0.717) is 23.5 Å². The molecule has 7 heteroatoms. The summed E-state index contributed by atoms with van der Waals surface area (Å²) in [5.74, 6) is 0.0927. The average Bonchev–Trinajstić information content (AvgIpc) is 2.56. The van der Waals surface area contributed by atoms with Gasteiger partial charge in [0.15, 0.2) is 6.10 Å². The van der Waals surface area contributed by atoms with Crippen LogP contribution >= 0.6 is 0 Å². The average molecular weight is 346 g/mol. The van der Waals surface area contributed by atoms with Crippen LogP contribution in [0, 0.1) is 0 Å². The number of benzene rings is 2. The summed E-state index contributed by atoms with van der Waals surface area (Å²) in [6.45, 7) is 1.63. The maximum Gasteiger partial charge on any atom is 0.265 e. The fraction of sp³-hybridized carbons (Fsp3) is 0.235. The first-order valence-corrected chi connectivity index (χ1v) is 9.25. The van der Waals surface area contributed by atoms with Gasteiger partial charge in [-0.2, -0.15) is 0 Å². The van der Waals surface area contributed by atoms with Crippen LogP contribution in [-0.4, -0.2) is 26.2 Å². The lowest BCUT2D eigenvalue weighted by Gasteiger charge is -2.25. The van der Waals surface area contributed by atoms with Crippen LogP contribution in [0.1, 0.15) is 12.5 Å². The Morgan fingerprint density at radius 1 is 1.12 bits per heavy atom. The Labute approximate surface area is 140 Å². The second kappa shape index (κ2) is 6.52. The van der Waals surface area contributed by atoms with Crippen molar-refractivity contribution in [3.05, 3.63) is 54.1 Å². The van der Waals surface area contributed by atoms with Crippen molar-refractivity contribution >= 4 is 27.3 Å². The topological polar surface area (TPSA) is 84.5 Å². The largest absolute Gasteiger partial charge is 0.479 e. The summed E-state index contributed by atoms with van der Waals surface area (Å²) in [4.78, 5) is 11.8. The fourth-order valence-electron chi connectivity index (χ4n) is 2.43. The van der Waals surface area contributed by atoms with Crippen molar-refractivity contribution in [3.63, 3.8) is 0 Å². The summed E-state index contributed by atoms with van der Waals surface area (Å²) in [7, 11) is -3.55. The third-order valence-corrected chi connectivity index (χ3v) is 4.99. The smallest absolute Gasteiger partial charge is 0.265 e. The van der Waals surface area contributed by atoms with Gasteiger partial charge in [-0.3, -0.25) is 9.52 Å². The third kappa shape index (κ3) is 3.68. The molecule has 1 aliphatic rings. The predicted molar refractivity (Wildman–Crippen MR) is 92.7 cm³/mol. The van der Waals surface area contributed by atoms with Crippen molar-refractivity contribution in [2.24, 2.45) is 0 Å². The first kappa shape index (κ1) is 16.3. The number of ether oxygens (including phenoxy) is 1. The van der Waals surface area contributed by atoms with E-state index in [0.717, 1.165) is 5.56 Å². The first-order valence-electron chi connectivity index (χ1n) is 7.59. The molecule has 1 aliphatic heterocycles. The highest BCUT2D eigenvalue weighted by Gasteiger charge is 2.26. The number of hydrogen-bond acceptors (Lipinski definition) is 4. The molecule has 0 saturated heterocycles. The summed E-state index contributed by atoms with van der Waals surface area (Å²) >= 11 is 0. The van der Waals surface area contributed by atoms with Crippen molar-refractivity contribution in [2.45, 2.75) is 19.4 Å². The Hall–Kier alpha value is -2.54. The number of rotatable bonds is 5. The third-order valence-electron chi connectivity index (χ3n) is 3.72. The van der Waals surface area contributed by atoms with Crippen molar-refractivity contribution in [3.8, 4) is 5.75 Å². The van der Waals surface area contributed by atoms with Crippen LogP contribution in [0.25, 0.3) is 0 Å². The number of nitrogens with one attached hydrogen (secondary N) is 2. The second-order valence-corrected chi connectivity index (χ2v) is 7.43. The molecule has 1 atom stereocenters. The zero-order chi connectivity index (χ0) is 17.2. The van der Waals surface area contributed by atoms with Gasteiger partial charge < -0.3 is 10.1 Å². The van der Waals surface area contributed by atoms with Gasteiger partial charge >= 0.3 is 0 Å². The standard InChI is InChI=1S/C17H18N2O4S/c1-12-17(20)18-16-14(8-5-9-15(16)23-12)19-24(21,22)11-10-13-6-3-2-4-7-13/h2-9,12,19H,10-11H2,1H3,(H,18,20). The predicted octanol–water partition coefficient (Wildman–Crippen LogP) is 2.39. The van der Waals surface area contributed by atoms with E-state index in [-0.39, 0.29) is 11.7 Å². The quantitative estimate of drug-likeness (QED) is 0.871. The molecule has 0 fully saturated rings. The number of para-hydroxylation sites is 1. The molecule has 0 saturated carbocycles. The number of sulfonamides is 1. The Balaban J connectivity index is 1.76. The molecule has 1 amide bonds. The summed E-state index contributed by atoms with van der Waals surface area (Å²) in [5.41, 5.74) is 1.60. The minimum absolute atomic E-state index is 0.0497. The maximum atomic E-state index is 12.3. The fourth-order valence-corrected chi connectivity index (χ4v) is 3.54. The molecule has 2 N–H and O–H groups in total. The van der Waals surface area contributed by atoms with E-state index in [1.807, 2.05) is 30.3 Å².